The molecule has 0 radical (unpaired) electrons. The highest BCUT2D eigenvalue weighted by Gasteiger charge is 2.13. The maximum Gasteiger partial charge on any atom is -0.00928 e. The lowest BCUT2D eigenvalue weighted by atomic mass is 9.88. The Labute approximate surface area is 221 Å². The summed E-state index contributed by atoms with van der Waals surface area (Å²) >= 11 is 0. The van der Waals surface area contributed by atoms with Gasteiger partial charge in [-0.05, 0) is 94.3 Å². The molecule has 8 aromatic rings. The first kappa shape index (κ1) is 21.2. The standard InChI is InChI=1S/C38H24/c1-2-10-25(11-3-1)26-18-20-34-29-13-5-4-12-27(29)23-36(38(34)22-26)28-19-21-35-32-16-7-6-14-30(32)31-15-8-9-17-33(31)37(35)24-28/h1-24H. The Bertz CT molecular complexity index is 2130. The summed E-state index contributed by atoms with van der Waals surface area (Å²) in [4.78, 5) is 0. The minimum absolute atomic E-state index is 1.24. The van der Waals surface area contributed by atoms with Crippen molar-refractivity contribution in [1.82, 2.24) is 0 Å². The smallest absolute Gasteiger partial charge is 0.00928 e. The van der Waals surface area contributed by atoms with Crippen molar-refractivity contribution in [2.24, 2.45) is 0 Å². The summed E-state index contributed by atoms with van der Waals surface area (Å²) in [6.45, 7) is 0. The van der Waals surface area contributed by atoms with E-state index >= 15 is 0 Å². The summed E-state index contributed by atoms with van der Waals surface area (Å²) in [6.07, 6.45) is 0. The normalized spacial score (nSPS) is 11.7. The van der Waals surface area contributed by atoms with Gasteiger partial charge in [0.1, 0.15) is 0 Å². The van der Waals surface area contributed by atoms with Crippen molar-refractivity contribution in [2.75, 3.05) is 0 Å². The molecule has 0 amide bonds. The average Bonchev–Trinajstić information content (AvgIpc) is 3.01. The van der Waals surface area contributed by atoms with E-state index in [-0.39, 0.29) is 0 Å². The van der Waals surface area contributed by atoms with Gasteiger partial charge < -0.3 is 0 Å². The first-order valence-corrected chi connectivity index (χ1v) is 13.2. The zero-order valence-corrected chi connectivity index (χ0v) is 20.9. The molecule has 0 saturated heterocycles. The zero-order chi connectivity index (χ0) is 25.1. The van der Waals surface area contributed by atoms with Gasteiger partial charge in [-0.1, -0.05) is 127 Å². The van der Waals surface area contributed by atoms with Gasteiger partial charge in [0.2, 0.25) is 0 Å². The van der Waals surface area contributed by atoms with Gasteiger partial charge in [0, 0.05) is 0 Å². The molecule has 38 heavy (non-hydrogen) atoms. The molecule has 8 aromatic carbocycles. The summed E-state index contributed by atoms with van der Waals surface area (Å²) < 4.78 is 0. The monoisotopic (exact) mass is 480 g/mol. The van der Waals surface area contributed by atoms with E-state index in [2.05, 4.69) is 146 Å². The number of hydrogen-bond donors (Lipinski definition) is 0. The molecule has 0 heterocycles. The highest BCUT2D eigenvalue weighted by Crippen LogP contribution is 2.41. The first-order chi connectivity index (χ1) is 18.8. The largest absolute Gasteiger partial charge is 0.0622 e. The molecule has 8 rings (SSSR count). The van der Waals surface area contributed by atoms with Crippen LogP contribution < -0.4 is 0 Å². The van der Waals surface area contributed by atoms with Crippen LogP contribution >= 0.6 is 0 Å². The Hall–Kier alpha value is -4.94. The lowest BCUT2D eigenvalue weighted by molar-refractivity contribution is 1.64. The topological polar surface area (TPSA) is 0 Å². The third-order valence-corrected chi connectivity index (χ3v) is 8.02. The van der Waals surface area contributed by atoms with E-state index in [9.17, 15) is 0 Å². The second-order valence-corrected chi connectivity index (χ2v) is 10.1. The molecule has 0 saturated carbocycles. The van der Waals surface area contributed by atoms with Gasteiger partial charge in [-0.2, -0.15) is 0 Å². The van der Waals surface area contributed by atoms with Gasteiger partial charge >= 0.3 is 0 Å². The molecular weight excluding hydrogens is 456 g/mol. The molecule has 0 aliphatic carbocycles. The van der Waals surface area contributed by atoms with Crippen molar-refractivity contribution < 1.29 is 0 Å². The van der Waals surface area contributed by atoms with Crippen LogP contribution in [-0.4, -0.2) is 0 Å². The molecule has 0 spiro atoms. The summed E-state index contributed by atoms with van der Waals surface area (Å²) in [7, 11) is 0. The van der Waals surface area contributed by atoms with Gasteiger partial charge in [-0.25, -0.2) is 0 Å². The number of hydrogen-bond acceptors (Lipinski definition) is 0. The molecule has 176 valence electrons. The van der Waals surface area contributed by atoms with Crippen molar-refractivity contribution in [1.29, 1.82) is 0 Å². The molecule has 0 unspecified atom stereocenters. The number of rotatable bonds is 2. The van der Waals surface area contributed by atoms with Crippen molar-refractivity contribution in [3.63, 3.8) is 0 Å². The predicted molar refractivity (Wildman–Crippen MR) is 165 cm³/mol. The Morgan fingerprint density at radius 2 is 0.711 bits per heavy atom. The molecule has 0 aliphatic heterocycles. The molecular formula is C38H24. The molecule has 0 N–H and O–H groups in total. The zero-order valence-electron chi connectivity index (χ0n) is 20.9. The third kappa shape index (κ3) is 3.17. The average molecular weight is 481 g/mol. The summed E-state index contributed by atoms with van der Waals surface area (Å²) in [5.74, 6) is 0. The van der Waals surface area contributed by atoms with Gasteiger partial charge in [0.15, 0.2) is 0 Å². The third-order valence-electron chi connectivity index (χ3n) is 8.02. The van der Waals surface area contributed by atoms with Crippen LogP contribution in [0.1, 0.15) is 0 Å². The summed E-state index contributed by atoms with van der Waals surface area (Å²) in [6, 6.07) is 53.3. The van der Waals surface area contributed by atoms with Gasteiger partial charge in [-0.15, -0.1) is 0 Å². The van der Waals surface area contributed by atoms with Crippen LogP contribution in [0.15, 0.2) is 146 Å². The lowest BCUT2D eigenvalue weighted by Crippen LogP contribution is -1.88. The van der Waals surface area contributed by atoms with E-state index in [4.69, 9.17) is 0 Å². The maximum absolute atomic E-state index is 2.41. The van der Waals surface area contributed by atoms with E-state index in [1.807, 2.05) is 0 Å². The minimum Gasteiger partial charge on any atom is -0.0622 e. The van der Waals surface area contributed by atoms with E-state index in [0.29, 0.717) is 0 Å². The van der Waals surface area contributed by atoms with Crippen LogP contribution in [0, 0.1) is 0 Å². The molecule has 0 aliphatic rings. The highest BCUT2D eigenvalue weighted by molar-refractivity contribution is 6.26. The fraction of sp³-hybridized carbons (Fsp3) is 0. The molecule has 0 nitrogen and oxygen atoms in total. The van der Waals surface area contributed by atoms with Crippen molar-refractivity contribution in [3.8, 4) is 22.3 Å². The Kier molecular flexibility index (Phi) is 4.62. The number of benzene rings is 8. The van der Waals surface area contributed by atoms with E-state index < -0.39 is 0 Å². The lowest BCUT2D eigenvalue weighted by Gasteiger charge is -2.15. The van der Waals surface area contributed by atoms with Crippen LogP contribution in [0.3, 0.4) is 0 Å². The Morgan fingerprint density at radius 3 is 1.39 bits per heavy atom. The fourth-order valence-electron chi connectivity index (χ4n) is 6.23. The second-order valence-electron chi connectivity index (χ2n) is 10.1. The summed E-state index contributed by atoms with van der Waals surface area (Å²) in [5.41, 5.74) is 5.01. The van der Waals surface area contributed by atoms with Crippen molar-refractivity contribution in [3.05, 3.63) is 146 Å². The van der Waals surface area contributed by atoms with Gasteiger partial charge in [0.05, 0.1) is 0 Å². The van der Waals surface area contributed by atoms with Crippen LogP contribution in [0.5, 0.6) is 0 Å². The maximum atomic E-state index is 2.41. The summed E-state index contributed by atoms with van der Waals surface area (Å²) in [5, 5.41) is 13.0. The van der Waals surface area contributed by atoms with Gasteiger partial charge in [-0.3, -0.25) is 0 Å². The van der Waals surface area contributed by atoms with Crippen LogP contribution in [0.25, 0.3) is 76.1 Å². The van der Waals surface area contributed by atoms with Crippen molar-refractivity contribution >= 4 is 53.9 Å². The van der Waals surface area contributed by atoms with Crippen LogP contribution in [0.2, 0.25) is 0 Å². The highest BCUT2D eigenvalue weighted by atomic mass is 14.2. The fourth-order valence-corrected chi connectivity index (χ4v) is 6.23. The van der Waals surface area contributed by atoms with E-state index in [0.717, 1.165) is 0 Å². The van der Waals surface area contributed by atoms with Crippen LogP contribution in [-0.2, 0) is 0 Å². The predicted octanol–water partition coefficient (Wildman–Crippen LogP) is 10.8. The molecule has 0 aromatic heterocycles. The van der Waals surface area contributed by atoms with E-state index in [1.54, 1.807) is 0 Å². The van der Waals surface area contributed by atoms with Crippen molar-refractivity contribution in [2.45, 2.75) is 0 Å². The Morgan fingerprint density at radius 1 is 0.237 bits per heavy atom. The van der Waals surface area contributed by atoms with Gasteiger partial charge in [0.25, 0.3) is 0 Å². The molecule has 0 bridgehead atoms. The first-order valence-electron chi connectivity index (χ1n) is 13.2. The quantitative estimate of drug-likeness (QED) is 0.216. The molecule has 0 atom stereocenters. The Balaban J connectivity index is 1.48. The molecule has 0 heteroatoms. The number of fused-ring (bicyclic) bond motifs is 9. The molecule has 0 fully saturated rings. The second kappa shape index (κ2) is 8.30. The SMILES string of the molecule is c1ccc(-c2ccc3c(c2)c(-c2ccc4c5ccccc5c5ccccc5c4c2)cc2ccccc23)cc1. The minimum atomic E-state index is 1.24. The van der Waals surface area contributed by atoms with Crippen LogP contribution in [0.4, 0.5) is 0 Å². The van der Waals surface area contributed by atoms with E-state index in [1.165, 1.54) is 76.1 Å².